The molecule has 5 nitrogen and oxygen atoms in total. The summed E-state index contributed by atoms with van der Waals surface area (Å²) in [6, 6.07) is 3.97. The summed E-state index contributed by atoms with van der Waals surface area (Å²) in [4.78, 5) is 15.1. The van der Waals surface area contributed by atoms with Gasteiger partial charge >= 0.3 is 0 Å². The first kappa shape index (κ1) is 15.9. The van der Waals surface area contributed by atoms with E-state index in [1.54, 1.807) is 0 Å². The molecule has 2 aliphatic rings. The number of hydrogen-bond donors (Lipinski definition) is 0. The topological polar surface area (TPSA) is 48.0 Å². The van der Waals surface area contributed by atoms with Crippen LogP contribution in [-0.4, -0.2) is 44.2 Å². The summed E-state index contributed by atoms with van der Waals surface area (Å²) < 4.78 is 16.1. The third-order valence-electron chi connectivity index (χ3n) is 4.53. The van der Waals surface area contributed by atoms with Crippen molar-refractivity contribution in [1.29, 1.82) is 0 Å². The van der Waals surface area contributed by atoms with Crippen molar-refractivity contribution in [2.45, 2.75) is 25.7 Å². The van der Waals surface area contributed by atoms with E-state index in [0.717, 1.165) is 42.8 Å². The number of fused-ring (bicyclic) bond motifs is 2. The quantitative estimate of drug-likeness (QED) is 0.617. The third kappa shape index (κ3) is 3.06. The minimum atomic E-state index is -0.277. The number of rotatable bonds is 5. The smallest absolute Gasteiger partial charge is 0.231 e. The van der Waals surface area contributed by atoms with E-state index < -0.39 is 0 Å². The van der Waals surface area contributed by atoms with Crippen LogP contribution in [0.15, 0.2) is 24.5 Å². The number of benzene rings is 1. The molecule has 0 N–H and O–H groups in total. The zero-order valence-electron chi connectivity index (χ0n) is 13.8. The van der Waals surface area contributed by atoms with Gasteiger partial charge in [0, 0.05) is 13.1 Å². The van der Waals surface area contributed by atoms with Crippen molar-refractivity contribution in [3.63, 3.8) is 0 Å². The van der Waals surface area contributed by atoms with Crippen LogP contribution in [0.25, 0.3) is 0 Å². The van der Waals surface area contributed by atoms with Crippen molar-refractivity contribution in [3.05, 3.63) is 35.6 Å². The second-order valence-corrected chi connectivity index (χ2v) is 6.00. The Bertz CT molecular complexity index is 626. The molecule has 1 atom stereocenters. The number of carbonyl (C=O) groups excluding carboxylic acids is 1. The van der Waals surface area contributed by atoms with Gasteiger partial charge in [-0.05, 0) is 42.6 Å². The van der Waals surface area contributed by atoms with Gasteiger partial charge in [-0.25, -0.2) is 0 Å². The average Bonchev–Trinajstić information content (AvgIpc) is 2.94. The largest absolute Gasteiger partial charge is 0.494 e. The van der Waals surface area contributed by atoms with Crippen molar-refractivity contribution < 1.29 is 19.0 Å². The van der Waals surface area contributed by atoms with Gasteiger partial charge in [0.25, 0.3) is 0 Å². The van der Waals surface area contributed by atoms with E-state index in [-0.39, 0.29) is 24.3 Å². The van der Waals surface area contributed by atoms with Crippen LogP contribution in [0, 0.1) is 0 Å². The van der Waals surface area contributed by atoms with Gasteiger partial charge < -0.3 is 19.1 Å². The molecule has 124 valence electrons. The predicted molar refractivity (Wildman–Crippen MR) is 86.9 cm³/mol. The maximum Gasteiger partial charge on any atom is 0.231 e. The Hall–Kier alpha value is -2.01. The van der Waals surface area contributed by atoms with E-state index in [0.29, 0.717) is 12.3 Å². The Balaban J connectivity index is 2.00. The molecule has 5 heteroatoms. The molecule has 0 aromatic heterocycles. The number of ketones is 1. The monoisotopic (exact) mass is 317 g/mol. The molecule has 23 heavy (non-hydrogen) atoms. The van der Waals surface area contributed by atoms with Crippen LogP contribution in [0.4, 0.5) is 0 Å². The van der Waals surface area contributed by atoms with Gasteiger partial charge in [-0.15, -0.1) is 0 Å². The number of Topliss-reactive ketones (excluding diaryl/α,β-unsaturated/α-hetero) is 1. The van der Waals surface area contributed by atoms with Crippen LogP contribution in [0.5, 0.6) is 11.5 Å². The van der Waals surface area contributed by atoms with Crippen LogP contribution in [0.3, 0.4) is 0 Å². The van der Waals surface area contributed by atoms with E-state index in [9.17, 15) is 4.79 Å². The number of methoxy groups -OCH3 is 1. The summed E-state index contributed by atoms with van der Waals surface area (Å²) >= 11 is 0. The van der Waals surface area contributed by atoms with Gasteiger partial charge in [-0.3, -0.25) is 4.79 Å². The normalized spacial score (nSPS) is 19.8. The molecule has 0 aliphatic carbocycles. The van der Waals surface area contributed by atoms with Crippen LogP contribution in [0.2, 0.25) is 0 Å². The standard InChI is InChI=1S/C18H23NO4/c1-4-6-19-7-5-13-8-16-17(23-11-22-16)9-14(13)15(10-19)18(20)12(2)21-3/h8-9,15H,2,4-7,10-11H2,1,3H3/t15-/m1/s1. The molecule has 2 heterocycles. The van der Waals surface area contributed by atoms with Crippen molar-refractivity contribution >= 4 is 5.78 Å². The van der Waals surface area contributed by atoms with Gasteiger partial charge in [0.2, 0.25) is 12.6 Å². The van der Waals surface area contributed by atoms with Crippen molar-refractivity contribution in [2.24, 2.45) is 0 Å². The number of nitrogens with zero attached hydrogens (tertiary/aromatic N) is 1. The van der Waals surface area contributed by atoms with Crippen molar-refractivity contribution in [1.82, 2.24) is 4.90 Å². The fourth-order valence-corrected chi connectivity index (χ4v) is 3.31. The molecular formula is C18H23NO4. The van der Waals surface area contributed by atoms with Gasteiger partial charge in [-0.1, -0.05) is 13.5 Å². The molecule has 0 amide bonds. The van der Waals surface area contributed by atoms with Crippen LogP contribution < -0.4 is 9.47 Å². The second-order valence-electron chi connectivity index (χ2n) is 6.00. The lowest BCUT2D eigenvalue weighted by Gasteiger charge is -2.24. The average molecular weight is 317 g/mol. The Morgan fingerprint density at radius 1 is 1.39 bits per heavy atom. The van der Waals surface area contributed by atoms with Gasteiger partial charge in [0.05, 0.1) is 13.0 Å². The van der Waals surface area contributed by atoms with Gasteiger partial charge in [0.1, 0.15) is 0 Å². The molecule has 0 saturated carbocycles. The molecule has 0 saturated heterocycles. The van der Waals surface area contributed by atoms with Crippen molar-refractivity contribution in [2.75, 3.05) is 33.5 Å². The summed E-state index contributed by atoms with van der Waals surface area (Å²) in [7, 11) is 1.49. The van der Waals surface area contributed by atoms with E-state index in [2.05, 4.69) is 18.4 Å². The Morgan fingerprint density at radius 2 is 2.13 bits per heavy atom. The Kier molecular flexibility index (Phi) is 4.57. The number of hydrogen-bond acceptors (Lipinski definition) is 5. The third-order valence-corrected chi connectivity index (χ3v) is 4.53. The van der Waals surface area contributed by atoms with E-state index in [1.165, 1.54) is 7.11 Å². The summed E-state index contributed by atoms with van der Waals surface area (Å²) in [5.74, 6) is 1.35. The first-order valence-electron chi connectivity index (χ1n) is 8.06. The number of allylic oxidation sites excluding steroid dienone is 1. The highest BCUT2D eigenvalue weighted by molar-refractivity contribution is 5.98. The molecule has 1 aromatic rings. The molecule has 0 radical (unpaired) electrons. The molecule has 0 spiro atoms. The number of ether oxygens (including phenoxy) is 3. The zero-order chi connectivity index (χ0) is 16.4. The van der Waals surface area contributed by atoms with E-state index in [4.69, 9.17) is 14.2 Å². The fraction of sp³-hybridized carbons (Fsp3) is 0.500. The highest BCUT2D eigenvalue weighted by Crippen LogP contribution is 2.39. The first-order chi connectivity index (χ1) is 11.1. The van der Waals surface area contributed by atoms with Crippen LogP contribution in [-0.2, 0) is 16.0 Å². The Labute approximate surface area is 136 Å². The molecule has 0 unspecified atom stereocenters. The highest BCUT2D eigenvalue weighted by Gasteiger charge is 2.32. The Morgan fingerprint density at radius 3 is 2.83 bits per heavy atom. The van der Waals surface area contributed by atoms with Crippen LogP contribution >= 0.6 is 0 Å². The fourth-order valence-electron chi connectivity index (χ4n) is 3.31. The minimum absolute atomic E-state index is 0.0596. The molecular weight excluding hydrogens is 294 g/mol. The molecule has 2 aliphatic heterocycles. The maximum atomic E-state index is 12.8. The SMILES string of the molecule is C=C(OC)C(=O)[C@@H]1CN(CCC)CCc2cc3c(cc21)OCO3. The summed E-state index contributed by atoms with van der Waals surface area (Å²) in [5.41, 5.74) is 2.16. The van der Waals surface area contributed by atoms with Crippen molar-refractivity contribution in [3.8, 4) is 11.5 Å². The summed E-state index contributed by atoms with van der Waals surface area (Å²) in [5, 5.41) is 0. The lowest BCUT2D eigenvalue weighted by molar-refractivity contribution is -0.120. The van der Waals surface area contributed by atoms with E-state index >= 15 is 0 Å². The number of carbonyl (C=O) groups is 1. The minimum Gasteiger partial charge on any atom is -0.494 e. The maximum absolute atomic E-state index is 12.8. The summed E-state index contributed by atoms with van der Waals surface area (Å²) in [6.45, 7) is 8.73. The molecule has 1 aromatic carbocycles. The van der Waals surface area contributed by atoms with Gasteiger partial charge in [-0.2, -0.15) is 0 Å². The van der Waals surface area contributed by atoms with E-state index in [1.807, 2.05) is 12.1 Å². The first-order valence-corrected chi connectivity index (χ1v) is 8.06. The zero-order valence-corrected chi connectivity index (χ0v) is 13.8. The van der Waals surface area contributed by atoms with Crippen LogP contribution in [0.1, 0.15) is 30.4 Å². The summed E-state index contributed by atoms with van der Waals surface area (Å²) in [6.07, 6.45) is 1.96. The molecule has 3 rings (SSSR count). The lowest BCUT2D eigenvalue weighted by Crippen LogP contribution is -2.32. The van der Waals surface area contributed by atoms with Gasteiger partial charge in [0.15, 0.2) is 17.3 Å². The second kappa shape index (κ2) is 6.62. The highest BCUT2D eigenvalue weighted by atomic mass is 16.7. The molecule has 0 fully saturated rings. The predicted octanol–water partition coefficient (Wildman–Crippen LogP) is 2.50. The molecule has 0 bridgehead atoms. The lowest BCUT2D eigenvalue weighted by atomic mass is 9.89.